The number of aromatic nitrogens is 3. The molecule has 8 nitrogen and oxygen atoms in total. The van der Waals surface area contributed by atoms with Crippen molar-refractivity contribution in [2.75, 3.05) is 0 Å². The van der Waals surface area contributed by atoms with Gasteiger partial charge in [-0.3, -0.25) is 14.4 Å². The third-order valence-electron chi connectivity index (χ3n) is 8.08. The van der Waals surface area contributed by atoms with Crippen LogP contribution in [0.1, 0.15) is 52.0 Å². The van der Waals surface area contributed by atoms with Crippen LogP contribution in [0.3, 0.4) is 0 Å². The van der Waals surface area contributed by atoms with Crippen molar-refractivity contribution in [1.82, 2.24) is 14.5 Å². The minimum Gasteiger partial charge on any atom is -0.487 e. The summed E-state index contributed by atoms with van der Waals surface area (Å²) < 4.78 is 14.5. The van der Waals surface area contributed by atoms with Crippen molar-refractivity contribution in [3.05, 3.63) is 112 Å². The topological polar surface area (TPSA) is 100 Å². The first-order chi connectivity index (χ1) is 22.2. The molecule has 0 radical (unpaired) electrons. The molecule has 0 amide bonds. The maximum Gasteiger partial charge on any atom is 0.253 e. The number of hydrogen-bond donors (Lipinski definition) is 0. The van der Waals surface area contributed by atoms with E-state index in [1.54, 1.807) is 34.0 Å². The van der Waals surface area contributed by atoms with E-state index in [2.05, 4.69) is 38.0 Å². The molecule has 3 aromatic heterocycles. The van der Waals surface area contributed by atoms with E-state index in [0.29, 0.717) is 44.5 Å². The average molecular weight is 719 g/mol. The van der Waals surface area contributed by atoms with E-state index in [1.807, 2.05) is 42.1 Å². The second-order valence-electron chi connectivity index (χ2n) is 11.4. The van der Waals surface area contributed by atoms with Crippen LogP contribution in [-0.2, 0) is 55.5 Å². The molecule has 5 aromatic rings. The molecular weight excluding hydrogens is 686 g/mol. The Hall–Kier alpha value is -3.93. The second kappa shape index (κ2) is 14.2. The minimum atomic E-state index is 0.00214. The number of hydrogen-bond acceptors (Lipinski definition) is 9. The number of carbonyl (C=O) groups is 2. The number of nitrogens with zero attached hydrogens (tertiary/aromatic N) is 3. The van der Waals surface area contributed by atoms with Gasteiger partial charge in [-0.05, 0) is 66.3 Å². The van der Waals surface area contributed by atoms with E-state index in [4.69, 9.17) is 9.47 Å². The summed E-state index contributed by atoms with van der Waals surface area (Å²) in [7, 11) is 1.76. The van der Waals surface area contributed by atoms with Crippen LogP contribution in [0.4, 0.5) is 0 Å². The van der Waals surface area contributed by atoms with E-state index in [9.17, 15) is 14.4 Å². The van der Waals surface area contributed by atoms with Gasteiger partial charge in [-0.15, -0.1) is 22.7 Å². The Morgan fingerprint density at radius 1 is 0.761 bits per heavy atom. The quantitative estimate of drug-likeness (QED) is 0.179. The van der Waals surface area contributed by atoms with Gasteiger partial charge in [0.25, 0.3) is 5.56 Å². The summed E-state index contributed by atoms with van der Waals surface area (Å²) in [5, 5.41) is 3.92. The summed E-state index contributed by atoms with van der Waals surface area (Å²) in [6, 6.07) is 10.0. The zero-order chi connectivity index (χ0) is 32.2. The third kappa shape index (κ3) is 7.54. The van der Waals surface area contributed by atoms with Gasteiger partial charge in [0.05, 0.1) is 22.4 Å². The Balaban J connectivity index is 0.000000172. The Morgan fingerprint density at radius 3 is 1.87 bits per heavy atom. The molecule has 0 fully saturated rings. The van der Waals surface area contributed by atoms with Crippen molar-refractivity contribution in [1.29, 1.82) is 0 Å². The van der Waals surface area contributed by atoms with Crippen molar-refractivity contribution >= 4 is 50.2 Å². The summed E-state index contributed by atoms with van der Waals surface area (Å²) in [5.74, 6) is 2.06. The Morgan fingerprint density at radius 2 is 1.33 bits per heavy atom. The van der Waals surface area contributed by atoms with Gasteiger partial charge < -0.3 is 14.0 Å². The van der Waals surface area contributed by atoms with Crippen molar-refractivity contribution < 1.29 is 19.1 Å². The second-order valence-corrected chi connectivity index (χ2v) is 13.8. The monoisotopic (exact) mass is 717 g/mol. The first-order valence-electron chi connectivity index (χ1n) is 14.9. The van der Waals surface area contributed by atoms with Crippen molar-refractivity contribution in [2.45, 2.75) is 58.7 Å². The largest absolute Gasteiger partial charge is 0.487 e. The molecule has 2 aliphatic rings. The number of Topliss-reactive ketones (excluding diaryl/α,β-unsaturated/α-hetero) is 2. The number of carbonyl (C=O) groups excluding carboxylic acids is 2. The SMILES string of the molecule is Cc1cc(-c2cc3c(c(OCc4cscn4)c2)CC(=O)CC3)cn(C)c1=O.O=C1CCc2cc(Br)cc(OCc3cscn3)c2C1. The molecule has 46 heavy (non-hydrogen) atoms. The predicted molar refractivity (Wildman–Crippen MR) is 183 cm³/mol. The molecule has 2 aromatic carbocycles. The Bertz CT molecular complexity index is 1930. The van der Waals surface area contributed by atoms with E-state index >= 15 is 0 Å². The van der Waals surface area contributed by atoms with Crippen molar-refractivity contribution in [3.8, 4) is 22.6 Å². The summed E-state index contributed by atoms with van der Waals surface area (Å²) in [6.45, 7) is 2.64. The molecule has 0 bridgehead atoms. The first kappa shape index (κ1) is 32.0. The fraction of sp³-hybridized carbons (Fsp3) is 0.286. The summed E-state index contributed by atoms with van der Waals surface area (Å²) >= 11 is 6.58. The number of pyridine rings is 1. The number of thiazole rings is 2. The maximum absolute atomic E-state index is 12.0. The third-order valence-corrected chi connectivity index (χ3v) is 9.80. The van der Waals surface area contributed by atoms with Gasteiger partial charge >= 0.3 is 0 Å². The van der Waals surface area contributed by atoms with Gasteiger partial charge in [0.1, 0.15) is 36.3 Å². The van der Waals surface area contributed by atoms with Crippen LogP contribution in [0.5, 0.6) is 11.5 Å². The molecule has 0 atom stereocenters. The van der Waals surface area contributed by atoms with Crippen LogP contribution in [0.2, 0.25) is 0 Å². The molecule has 7 rings (SSSR count). The molecule has 0 unspecified atom stereocenters. The summed E-state index contributed by atoms with van der Waals surface area (Å²) in [6.07, 6.45) is 5.46. The zero-order valence-corrected chi connectivity index (χ0v) is 28.7. The number of aryl methyl sites for hydroxylation is 4. The highest BCUT2D eigenvalue weighted by Gasteiger charge is 2.22. The van der Waals surface area contributed by atoms with Gasteiger partial charge in [0.2, 0.25) is 0 Å². The molecule has 236 valence electrons. The Kier molecular flexibility index (Phi) is 9.91. The number of fused-ring (bicyclic) bond motifs is 2. The first-order valence-corrected chi connectivity index (χ1v) is 17.6. The number of benzene rings is 2. The smallest absolute Gasteiger partial charge is 0.253 e. The highest BCUT2D eigenvalue weighted by Crippen LogP contribution is 2.35. The van der Waals surface area contributed by atoms with Gasteiger partial charge in [-0.2, -0.15) is 0 Å². The lowest BCUT2D eigenvalue weighted by atomic mass is 9.87. The van der Waals surface area contributed by atoms with Crippen molar-refractivity contribution in [2.24, 2.45) is 7.05 Å². The predicted octanol–water partition coefficient (Wildman–Crippen LogP) is 7.00. The molecule has 0 N–H and O–H groups in total. The highest BCUT2D eigenvalue weighted by atomic mass is 79.9. The lowest BCUT2D eigenvalue weighted by Gasteiger charge is -2.21. The van der Waals surface area contributed by atoms with Crippen LogP contribution in [0, 0.1) is 6.92 Å². The fourth-order valence-corrected chi connectivity index (χ4v) is 7.29. The van der Waals surface area contributed by atoms with E-state index in [0.717, 1.165) is 68.0 Å². The molecule has 2 aliphatic carbocycles. The maximum atomic E-state index is 12.0. The molecule has 0 saturated carbocycles. The van der Waals surface area contributed by atoms with Crippen LogP contribution in [0.25, 0.3) is 11.1 Å². The van der Waals surface area contributed by atoms with Crippen LogP contribution >= 0.6 is 38.6 Å². The van der Waals surface area contributed by atoms with Crippen LogP contribution < -0.4 is 15.0 Å². The lowest BCUT2D eigenvalue weighted by Crippen LogP contribution is -2.18. The van der Waals surface area contributed by atoms with E-state index in [1.165, 1.54) is 16.9 Å². The average Bonchev–Trinajstić information content (AvgIpc) is 3.77. The van der Waals surface area contributed by atoms with Crippen molar-refractivity contribution in [3.63, 3.8) is 0 Å². The minimum absolute atomic E-state index is 0.00214. The van der Waals surface area contributed by atoms with Gasteiger partial charge in [0.15, 0.2) is 0 Å². The molecule has 0 saturated heterocycles. The summed E-state index contributed by atoms with van der Waals surface area (Å²) in [5.41, 5.74) is 12.4. The van der Waals surface area contributed by atoms with Crippen LogP contribution in [-0.4, -0.2) is 26.1 Å². The fourth-order valence-electron chi connectivity index (χ4n) is 5.72. The lowest BCUT2D eigenvalue weighted by molar-refractivity contribution is -0.119. The number of ketones is 2. The normalized spacial score (nSPS) is 13.8. The van der Waals surface area contributed by atoms with Gasteiger partial charge in [-0.25, -0.2) is 9.97 Å². The molecular formula is C35H32BrN3O5S2. The number of halogens is 1. The molecule has 0 aliphatic heterocycles. The summed E-state index contributed by atoms with van der Waals surface area (Å²) in [4.78, 5) is 44.1. The van der Waals surface area contributed by atoms with E-state index in [-0.39, 0.29) is 17.1 Å². The van der Waals surface area contributed by atoms with E-state index < -0.39 is 0 Å². The number of rotatable bonds is 7. The standard InChI is InChI=1S/C21H20N2O3S.C14H12BrNO2S/c1-13-5-16(9-23(2)21(13)25)15-6-14-3-4-18(24)8-19(14)20(7-15)26-10-17-11-27-12-22-17;15-10-3-9-1-2-12(17)5-13(9)14(4-10)18-6-11-7-19-8-16-11/h5-7,9,11-12H,3-4,8,10H2,1-2H3;3-4,7-8H,1-2,5-6H2. The van der Waals surface area contributed by atoms with Gasteiger partial charge in [-0.1, -0.05) is 22.0 Å². The molecule has 0 spiro atoms. The number of ether oxygens (including phenoxy) is 2. The highest BCUT2D eigenvalue weighted by molar-refractivity contribution is 9.10. The Labute approximate surface area is 283 Å². The molecule has 3 heterocycles. The van der Waals surface area contributed by atoms with Gasteiger partial charge in [0, 0.05) is 70.9 Å². The zero-order valence-electron chi connectivity index (χ0n) is 25.5. The van der Waals surface area contributed by atoms with Crippen LogP contribution in [0.15, 0.2) is 67.6 Å². The molecule has 11 heteroatoms.